The standard InChI is InChI=1S/C40H43F2N5O9S/c1-4-21-18-40(21,38(50)46-57(52,53)24-13-14-24)45-36(48)30-15-23(19-47(30)37(49)32(20(2)3)44-39(51)55-22-9-5-6-10-22)54-34-26-16-27(41)28(42)17-29(26)43-33-25-11-7-8-12-31(25)56-35(33)34/h4,7-8,11-12,16-17,20-24,30,32H,1,5-6,9-10,13-15,18-19H2,2-3H3,(H,44,51)(H,45,48)(H,46,50)/t21-,23-,30+,32+,40?/m1/s1. The molecule has 0 bridgehead atoms. The number of nitrogens with zero attached hydrogens (tertiary/aromatic N) is 2. The molecule has 2 aromatic carbocycles. The Morgan fingerprint density at radius 1 is 1.04 bits per heavy atom. The van der Waals surface area contributed by atoms with Crippen LogP contribution in [0.25, 0.3) is 33.0 Å². The molecule has 3 aliphatic carbocycles. The number of para-hydroxylation sites is 1. The van der Waals surface area contributed by atoms with E-state index in [9.17, 15) is 36.4 Å². The summed E-state index contributed by atoms with van der Waals surface area (Å²) in [5.74, 6) is -5.63. The first-order valence-electron chi connectivity index (χ1n) is 19.2. The molecule has 3 heterocycles. The van der Waals surface area contributed by atoms with E-state index in [2.05, 4.69) is 26.9 Å². The number of pyridine rings is 1. The Bertz CT molecular complexity index is 2430. The summed E-state index contributed by atoms with van der Waals surface area (Å²) in [4.78, 5) is 61.4. The van der Waals surface area contributed by atoms with Crippen molar-refractivity contribution in [3.05, 3.63) is 60.7 Å². The second-order valence-corrected chi connectivity index (χ2v) is 17.8. The van der Waals surface area contributed by atoms with Crippen molar-refractivity contribution in [2.45, 2.75) is 100 Å². The monoisotopic (exact) mass is 807 g/mol. The molecule has 8 rings (SSSR count). The van der Waals surface area contributed by atoms with Gasteiger partial charge < -0.3 is 29.4 Å². The molecule has 57 heavy (non-hydrogen) atoms. The van der Waals surface area contributed by atoms with Gasteiger partial charge in [0, 0.05) is 29.2 Å². The Hall–Kier alpha value is -5.32. The minimum Gasteiger partial charge on any atom is -0.484 e. The van der Waals surface area contributed by atoms with Gasteiger partial charge in [-0.05, 0) is 69.1 Å². The normalized spacial score (nSPS) is 24.2. The smallest absolute Gasteiger partial charge is 0.408 e. The van der Waals surface area contributed by atoms with Crippen molar-refractivity contribution in [1.82, 2.24) is 25.2 Å². The van der Waals surface area contributed by atoms with Gasteiger partial charge in [0.25, 0.3) is 5.91 Å². The van der Waals surface area contributed by atoms with Crippen LogP contribution in [0.15, 0.2) is 53.5 Å². The van der Waals surface area contributed by atoms with Gasteiger partial charge in [0.1, 0.15) is 40.9 Å². The van der Waals surface area contributed by atoms with Crippen LogP contribution >= 0.6 is 0 Å². The molecule has 5 atom stereocenters. The number of carbonyl (C=O) groups is 4. The summed E-state index contributed by atoms with van der Waals surface area (Å²) in [6.07, 6.45) is 3.47. The van der Waals surface area contributed by atoms with E-state index in [1.165, 1.54) is 11.0 Å². The maximum atomic E-state index is 14.8. The molecule has 14 nitrogen and oxygen atoms in total. The fourth-order valence-corrected chi connectivity index (χ4v) is 9.40. The van der Waals surface area contributed by atoms with Gasteiger partial charge >= 0.3 is 6.09 Å². The van der Waals surface area contributed by atoms with Gasteiger partial charge in [0.2, 0.25) is 21.8 Å². The van der Waals surface area contributed by atoms with Gasteiger partial charge in [-0.25, -0.2) is 27.0 Å². The second-order valence-electron chi connectivity index (χ2n) is 15.8. The number of ether oxygens (including phenoxy) is 2. The van der Waals surface area contributed by atoms with Gasteiger partial charge in [-0.1, -0.05) is 32.1 Å². The molecular formula is C40H43F2N5O9S. The molecule has 4 aliphatic rings. The first-order valence-corrected chi connectivity index (χ1v) is 20.8. The number of likely N-dealkylation sites (tertiary alicyclic amines) is 1. The van der Waals surface area contributed by atoms with Crippen molar-refractivity contribution in [1.29, 1.82) is 0 Å². The molecule has 4 amide bonds. The number of aromatic nitrogens is 1. The molecule has 1 unspecified atom stereocenters. The lowest BCUT2D eigenvalue weighted by molar-refractivity contribution is -0.141. The Morgan fingerprint density at radius 2 is 1.75 bits per heavy atom. The number of alkyl carbamates (subject to hydrolysis) is 1. The average molecular weight is 808 g/mol. The fourth-order valence-electron chi connectivity index (χ4n) is 8.04. The predicted octanol–water partition coefficient (Wildman–Crippen LogP) is 5.12. The third-order valence-corrected chi connectivity index (χ3v) is 13.3. The molecule has 1 aliphatic heterocycles. The van der Waals surface area contributed by atoms with Crippen LogP contribution in [0.5, 0.6) is 5.75 Å². The molecular weight excluding hydrogens is 765 g/mol. The summed E-state index contributed by atoms with van der Waals surface area (Å²) >= 11 is 0. The molecule has 302 valence electrons. The number of halogens is 2. The summed E-state index contributed by atoms with van der Waals surface area (Å²) in [6, 6.07) is 6.44. The van der Waals surface area contributed by atoms with Crippen LogP contribution in [0, 0.1) is 23.5 Å². The highest BCUT2D eigenvalue weighted by atomic mass is 32.2. The van der Waals surface area contributed by atoms with E-state index in [1.54, 1.807) is 38.1 Å². The maximum Gasteiger partial charge on any atom is 0.408 e. The molecule has 1 saturated heterocycles. The first-order chi connectivity index (χ1) is 27.2. The van der Waals surface area contributed by atoms with Gasteiger partial charge in [-0.3, -0.25) is 19.1 Å². The molecule has 17 heteroatoms. The topological polar surface area (TPSA) is 186 Å². The van der Waals surface area contributed by atoms with E-state index in [-0.39, 0.29) is 47.7 Å². The molecule has 3 N–H and O–H groups in total. The van der Waals surface area contributed by atoms with Crippen molar-refractivity contribution in [2.24, 2.45) is 11.8 Å². The van der Waals surface area contributed by atoms with Crippen molar-refractivity contribution < 1.29 is 50.3 Å². The molecule has 0 radical (unpaired) electrons. The number of hydrogen-bond acceptors (Lipinski definition) is 10. The summed E-state index contributed by atoms with van der Waals surface area (Å²) in [5, 5.41) is 5.41. The number of benzene rings is 2. The number of fused-ring (bicyclic) bond motifs is 4. The van der Waals surface area contributed by atoms with Crippen molar-refractivity contribution in [2.75, 3.05) is 6.54 Å². The van der Waals surface area contributed by atoms with Crippen LogP contribution in [0.3, 0.4) is 0 Å². The number of furan rings is 1. The van der Waals surface area contributed by atoms with E-state index in [1.807, 2.05) is 0 Å². The Balaban J connectivity index is 1.13. The average Bonchev–Trinajstić information content (AvgIpc) is 3.99. The van der Waals surface area contributed by atoms with Crippen LogP contribution in [-0.4, -0.2) is 83.7 Å². The predicted molar refractivity (Wildman–Crippen MR) is 203 cm³/mol. The third kappa shape index (κ3) is 7.25. The molecule has 4 fully saturated rings. The Labute approximate surface area is 326 Å². The lowest BCUT2D eigenvalue weighted by Gasteiger charge is -2.31. The Kier molecular flexibility index (Phi) is 9.85. The van der Waals surface area contributed by atoms with Crippen molar-refractivity contribution in [3.8, 4) is 5.75 Å². The van der Waals surface area contributed by atoms with Crippen LogP contribution < -0.4 is 20.1 Å². The number of hydrogen-bond donors (Lipinski definition) is 3. The number of amides is 4. The third-order valence-electron chi connectivity index (χ3n) is 11.5. The second kappa shape index (κ2) is 14.6. The number of sulfonamides is 1. The minimum atomic E-state index is -3.96. The van der Waals surface area contributed by atoms with Crippen molar-refractivity contribution in [3.63, 3.8) is 0 Å². The van der Waals surface area contributed by atoms with E-state index in [4.69, 9.17) is 13.9 Å². The zero-order valence-electron chi connectivity index (χ0n) is 31.4. The van der Waals surface area contributed by atoms with Gasteiger partial charge in [-0.2, -0.15) is 0 Å². The molecule has 2 aromatic heterocycles. The van der Waals surface area contributed by atoms with Gasteiger partial charge in [0.15, 0.2) is 23.0 Å². The zero-order chi connectivity index (χ0) is 40.4. The van der Waals surface area contributed by atoms with E-state index in [0.717, 1.165) is 25.0 Å². The summed E-state index contributed by atoms with van der Waals surface area (Å²) in [5.41, 5.74) is -0.672. The van der Waals surface area contributed by atoms with E-state index >= 15 is 0 Å². The van der Waals surface area contributed by atoms with E-state index < -0.39 is 86.3 Å². The molecule has 0 spiro atoms. The highest BCUT2D eigenvalue weighted by molar-refractivity contribution is 7.91. The SMILES string of the molecule is C=C[C@@H]1CC1(NC(=O)[C@@H]1C[C@@H](Oc2c3cc(F)c(F)cc3nc3c2oc2ccccc23)CN1C(=O)[C@@H](NC(=O)OC1CCCC1)C(C)C)C(=O)NS(=O)(=O)C1CC1. The first kappa shape index (κ1) is 38.5. The molecule has 4 aromatic rings. The van der Waals surface area contributed by atoms with Crippen LogP contribution in [0.2, 0.25) is 0 Å². The van der Waals surface area contributed by atoms with E-state index in [0.29, 0.717) is 42.2 Å². The minimum absolute atomic E-state index is 0.0114. The largest absolute Gasteiger partial charge is 0.484 e. The highest BCUT2D eigenvalue weighted by Gasteiger charge is 2.62. The molecule has 3 saturated carbocycles. The fraction of sp³-hybridized carbons (Fsp3) is 0.475. The number of carbonyl (C=O) groups excluding carboxylic acids is 4. The van der Waals surface area contributed by atoms with Crippen LogP contribution in [-0.2, 0) is 29.1 Å². The summed E-state index contributed by atoms with van der Waals surface area (Å²) in [6.45, 7) is 6.99. The number of rotatable bonds is 12. The number of nitrogens with one attached hydrogen (secondary N) is 3. The van der Waals surface area contributed by atoms with Crippen LogP contribution in [0.1, 0.15) is 65.2 Å². The summed E-state index contributed by atoms with van der Waals surface area (Å²) in [7, 11) is -3.96. The quantitative estimate of drug-likeness (QED) is 0.162. The zero-order valence-corrected chi connectivity index (χ0v) is 32.2. The summed E-state index contributed by atoms with van der Waals surface area (Å²) < 4.78 is 75.3. The lowest BCUT2D eigenvalue weighted by Crippen LogP contribution is -2.59. The highest BCUT2D eigenvalue weighted by Crippen LogP contribution is 2.46. The maximum absolute atomic E-state index is 14.8. The van der Waals surface area contributed by atoms with Crippen LogP contribution in [0.4, 0.5) is 13.6 Å². The van der Waals surface area contributed by atoms with Gasteiger partial charge in [0.05, 0.1) is 17.3 Å². The van der Waals surface area contributed by atoms with Crippen molar-refractivity contribution >= 4 is 66.8 Å². The van der Waals surface area contributed by atoms with Gasteiger partial charge in [-0.15, -0.1) is 6.58 Å². The Morgan fingerprint density at radius 3 is 2.44 bits per heavy atom. The lowest BCUT2D eigenvalue weighted by atomic mass is 10.0.